The van der Waals surface area contributed by atoms with Crippen molar-refractivity contribution in [2.45, 2.75) is 31.8 Å². The van der Waals surface area contributed by atoms with Gasteiger partial charge in [-0.1, -0.05) is 11.6 Å². The quantitative estimate of drug-likeness (QED) is 0.788. The summed E-state index contributed by atoms with van der Waals surface area (Å²) in [6.45, 7) is 0.461. The van der Waals surface area contributed by atoms with Gasteiger partial charge in [-0.3, -0.25) is 9.59 Å². The third-order valence-corrected chi connectivity index (χ3v) is 3.34. The number of carboxylic acids is 1. The average Bonchev–Trinajstić information content (AvgIpc) is 2.80. The van der Waals surface area contributed by atoms with Crippen LogP contribution in [0.25, 0.3) is 0 Å². The fourth-order valence-corrected chi connectivity index (χ4v) is 2.28. The summed E-state index contributed by atoms with van der Waals surface area (Å²) < 4.78 is 5.55. The van der Waals surface area contributed by atoms with Crippen LogP contribution in [0.3, 0.4) is 0 Å². The Morgan fingerprint density at radius 3 is 2.95 bits per heavy atom. The maximum absolute atomic E-state index is 11.9. The summed E-state index contributed by atoms with van der Waals surface area (Å²) in [5.41, 5.74) is 0.934. The van der Waals surface area contributed by atoms with Gasteiger partial charge in [-0.05, 0) is 36.6 Å². The second-order valence-electron chi connectivity index (χ2n) is 4.70. The van der Waals surface area contributed by atoms with E-state index in [-0.39, 0.29) is 12.3 Å². The highest BCUT2D eigenvalue weighted by Gasteiger charge is 2.28. The Balaban J connectivity index is 1.74. The van der Waals surface area contributed by atoms with Gasteiger partial charge in [0.25, 0.3) is 5.91 Å². The third-order valence-electron chi connectivity index (χ3n) is 3.11. The molecule has 1 aromatic carbocycles. The molecule has 1 atom stereocenters. The summed E-state index contributed by atoms with van der Waals surface area (Å²) in [6.07, 6.45) is 1.31. The van der Waals surface area contributed by atoms with Gasteiger partial charge in [0.05, 0.1) is 0 Å². The normalized spacial score (nSPS) is 16.4. The van der Waals surface area contributed by atoms with Crippen LogP contribution in [0.15, 0.2) is 18.2 Å². The molecule has 0 saturated carbocycles. The van der Waals surface area contributed by atoms with Crippen molar-refractivity contribution in [2.75, 3.05) is 6.54 Å². The van der Waals surface area contributed by atoms with Crippen molar-refractivity contribution < 1.29 is 19.4 Å². The largest absolute Gasteiger partial charge is 0.481 e. The summed E-state index contributed by atoms with van der Waals surface area (Å²) in [5, 5.41) is 11.9. The minimum absolute atomic E-state index is 0.125. The van der Waals surface area contributed by atoms with E-state index in [1.165, 1.54) is 0 Å². The molecule has 5 nitrogen and oxygen atoms in total. The number of hydrogen-bond acceptors (Lipinski definition) is 3. The fourth-order valence-electron chi connectivity index (χ4n) is 2.09. The molecule has 1 aliphatic heterocycles. The van der Waals surface area contributed by atoms with Crippen molar-refractivity contribution >= 4 is 23.5 Å². The average molecular weight is 298 g/mol. The Hall–Kier alpha value is -1.75. The van der Waals surface area contributed by atoms with Gasteiger partial charge in [0, 0.05) is 24.4 Å². The number of amides is 1. The SMILES string of the molecule is O=C(O)CCCCNC(=O)[C@H]1Cc2cc(Cl)ccc2O1. The summed E-state index contributed by atoms with van der Waals surface area (Å²) in [7, 11) is 0. The van der Waals surface area contributed by atoms with Crippen molar-refractivity contribution in [3.63, 3.8) is 0 Å². The predicted octanol–water partition coefficient (Wildman–Crippen LogP) is 2.01. The number of carbonyl (C=O) groups excluding carboxylic acids is 1. The Bertz CT molecular complexity index is 518. The minimum atomic E-state index is -0.817. The molecule has 0 spiro atoms. The van der Waals surface area contributed by atoms with E-state index in [0.717, 1.165) is 5.56 Å². The molecule has 0 unspecified atom stereocenters. The lowest BCUT2D eigenvalue weighted by atomic mass is 10.1. The zero-order valence-electron chi connectivity index (χ0n) is 10.9. The second kappa shape index (κ2) is 6.61. The van der Waals surface area contributed by atoms with Crippen LogP contribution in [-0.4, -0.2) is 29.6 Å². The summed E-state index contributed by atoms with van der Waals surface area (Å²) in [5.74, 6) is -0.296. The Labute approximate surface area is 121 Å². The molecule has 2 rings (SSSR count). The molecular weight excluding hydrogens is 282 g/mol. The molecule has 2 N–H and O–H groups in total. The number of carboxylic acid groups (broad SMARTS) is 1. The number of carbonyl (C=O) groups is 2. The number of fused-ring (bicyclic) bond motifs is 1. The van der Waals surface area contributed by atoms with Crippen molar-refractivity contribution in [1.82, 2.24) is 5.32 Å². The van der Waals surface area contributed by atoms with Crippen LogP contribution in [0.4, 0.5) is 0 Å². The van der Waals surface area contributed by atoms with Crippen molar-refractivity contribution in [2.24, 2.45) is 0 Å². The molecule has 0 fully saturated rings. The highest BCUT2D eigenvalue weighted by molar-refractivity contribution is 6.30. The smallest absolute Gasteiger partial charge is 0.303 e. The van der Waals surface area contributed by atoms with Gasteiger partial charge in [0.1, 0.15) is 5.75 Å². The Morgan fingerprint density at radius 2 is 2.20 bits per heavy atom. The monoisotopic (exact) mass is 297 g/mol. The van der Waals surface area contributed by atoms with E-state index < -0.39 is 12.1 Å². The molecule has 1 aromatic rings. The topological polar surface area (TPSA) is 75.6 Å². The Morgan fingerprint density at radius 1 is 1.40 bits per heavy atom. The molecule has 0 aliphatic carbocycles. The third kappa shape index (κ3) is 3.87. The van der Waals surface area contributed by atoms with Crippen molar-refractivity contribution in [1.29, 1.82) is 0 Å². The van der Waals surface area contributed by atoms with Gasteiger partial charge in [-0.2, -0.15) is 0 Å². The maximum atomic E-state index is 11.9. The summed E-state index contributed by atoms with van der Waals surface area (Å²) in [4.78, 5) is 22.3. The lowest BCUT2D eigenvalue weighted by molar-refractivity contribution is -0.137. The van der Waals surface area contributed by atoms with E-state index in [9.17, 15) is 9.59 Å². The highest BCUT2D eigenvalue weighted by atomic mass is 35.5. The van der Waals surface area contributed by atoms with Gasteiger partial charge in [-0.15, -0.1) is 0 Å². The minimum Gasteiger partial charge on any atom is -0.481 e. The first-order valence-electron chi connectivity index (χ1n) is 6.51. The van der Waals surface area contributed by atoms with Crippen LogP contribution in [0.2, 0.25) is 5.02 Å². The van der Waals surface area contributed by atoms with E-state index in [4.69, 9.17) is 21.4 Å². The highest BCUT2D eigenvalue weighted by Crippen LogP contribution is 2.31. The van der Waals surface area contributed by atoms with Crippen LogP contribution in [0.1, 0.15) is 24.8 Å². The van der Waals surface area contributed by atoms with E-state index in [1.807, 2.05) is 0 Å². The van der Waals surface area contributed by atoms with Crippen LogP contribution >= 0.6 is 11.6 Å². The molecule has 6 heteroatoms. The number of rotatable bonds is 6. The van der Waals surface area contributed by atoms with E-state index in [1.54, 1.807) is 18.2 Å². The van der Waals surface area contributed by atoms with Crippen molar-refractivity contribution in [3.05, 3.63) is 28.8 Å². The number of ether oxygens (including phenoxy) is 1. The van der Waals surface area contributed by atoms with Crippen molar-refractivity contribution in [3.8, 4) is 5.75 Å². The van der Waals surface area contributed by atoms with Gasteiger partial charge in [0.15, 0.2) is 6.10 Å². The predicted molar refractivity (Wildman–Crippen MR) is 74.1 cm³/mol. The van der Waals surface area contributed by atoms with Gasteiger partial charge >= 0.3 is 5.97 Å². The molecule has 1 aliphatic rings. The molecule has 20 heavy (non-hydrogen) atoms. The van der Waals surface area contributed by atoms with Crippen LogP contribution in [0, 0.1) is 0 Å². The zero-order chi connectivity index (χ0) is 14.5. The maximum Gasteiger partial charge on any atom is 0.303 e. The molecule has 1 amide bonds. The summed E-state index contributed by atoms with van der Waals surface area (Å²) in [6, 6.07) is 5.29. The standard InChI is InChI=1S/C14H16ClNO4/c15-10-4-5-11-9(7-10)8-12(20-11)14(19)16-6-2-1-3-13(17)18/h4-5,7,12H,1-3,6,8H2,(H,16,19)(H,17,18)/t12-/m1/s1. The lowest BCUT2D eigenvalue weighted by Gasteiger charge is -2.10. The number of aliphatic carboxylic acids is 1. The molecule has 0 aromatic heterocycles. The molecule has 0 bridgehead atoms. The van der Waals surface area contributed by atoms with E-state index >= 15 is 0 Å². The number of hydrogen-bond donors (Lipinski definition) is 2. The first-order chi connectivity index (χ1) is 9.56. The molecular formula is C14H16ClNO4. The van der Waals surface area contributed by atoms with Crippen LogP contribution < -0.4 is 10.1 Å². The molecule has 0 radical (unpaired) electrons. The Kier molecular flexibility index (Phi) is 4.84. The fraction of sp³-hybridized carbons (Fsp3) is 0.429. The first-order valence-corrected chi connectivity index (χ1v) is 6.88. The molecule has 1 heterocycles. The van der Waals surface area contributed by atoms with Gasteiger partial charge < -0.3 is 15.2 Å². The summed E-state index contributed by atoms with van der Waals surface area (Å²) >= 11 is 5.89. The van der Waals surface area contributed by atoms with E-state index in [0.29, 0.717) is 36.6 Å². The number of benzene rings is 1. The number of nitrogens with one attached hydrogen (secondary N) is 1. The molecule has 108 valence electrons. The van der Waals surface area contributed by atoms with Gasteiger partial charge in [-0.25, -0.2) is 0 Å². The number of unbranched alkanes of at least 4 members (excludes halogenated alkanes) is 1. The second-order valence-corrected chi connectivity index (χ2v) is 5.14. The van der Waals surface area contributed by atoms with E-state index in [2.05, 4.69) is 5.32 Å². The van der Waals surface area contributed by atoms with Crippen LogP contribution in [0.5, 0.6) is 5.75 Å². The number of halogens is 1. The lowest BCUT2D eigenvalue weighted by Crippen LogP contribution is -2.37. The zero-order valence-corrected chi connectivity index (χ0v) is 11.7. The van der Waals surface area contributed by atoms with Gasteiger partial charge in [0.2, 0.25) is 0 Å². The first kappa shape index (κ1) is 14.7. The van der Waals surface area contributed by atoms with Crippen LogP contribution in [-0.2, 0) is 16.0 Å². The molecule has 0 saturated heterocycles.